The number of carbonyl (C=O) groups excluding carboxylic acids is 2. The zero-order valence-corrected chi connectivity index (χ0v) is 31.5. The van der Waals surface area contributed by atoms with Crippen molar-refractivity contribution in [2.75, 3.05) is 22.6 Å². The van der Waals surface area contributed by atoms with Crippen molar-refractivity contribution in [2.45, 2.75) is 62.7 Å². The molecule has 1 unspecified atom stereocenters. The van der Waals surface area contributed by atoms with Crippen molar-refractivity contribution in [1.82, 2.24) is 15.0 Å². The van der Waals surface area contributed by atoms with E-state index in [0.29, 0.717) is 51.9 Å². The number of amides is 2. The van der Waals surface area contributed by atoms with Crippen LogP contribution in [0.15, 0.2) is 103 Å². The largest absolute Gasteiger partial charge is 0.399 e. The predicted octanol–water partition coefficient (Wildman–Crippen LogP) is 7.30. The maximum absolute atomic E-state index is 16.4. The van der Waals surface area contributed by atoms with Crippen molar-refractivity contribution in [3.63, 3.8) is 0 Å². The number of hydrogen-bond acceptors (Lipinski definition) is 7. The van der Waals surface area contributed by atoms with Crippen molar-refractivity contribution in [3.8, 4) is 0 Å². The monoisotopic (exact) mass is 752 g/mol. The Balaban J connectivity index is 1.14. The quantitative estimate of drug-likeness (QED) is 0.0732. The zero-order chi connectivity index (χ0) is 37.5. The molecular formula is C40H42ClFN6O4Si. The van der Waals surface area contributed by atoms with Crippen LogP contribution in [-0.4, -0.2) is 53.0 Å². The number of nitrogens with one attached hydrogen (secondary N) is 1. The van der Waals surface area contributed by atoms with Gasteiger partial charge < -0.3 is 29.9 Å². The third-order valence-electron chi connectivity index (χ3n) is 10.6. The highest BCUT2D eigenvalue weighted by atomic mass is 35.5. The van der Waals surface area contributed by atoms with Gasteiger partial charge in [-0.15, -0.1) is 5.10 Å². The van der Waals surface area contributed by atoms with E-state index in [0.717, 1.165) is 11.1 Å². The minimum Gasteiger partial charge on any atom is -0.399 e. The number of aliphatic hydroxyl groups excluding tert-OH is 1. The minimum absolute atomic E-state index is 0.124. The van der Waals surface area contributed by atoms with Gasteiger partial charge in [0, 0.05) is 51.7 Å². The topological polar surface area (TPSA) is 136 Å². The molecule has 0 saturated carbocycles. The van der Waals surface area contributed by atoms with Gasteiger partial charge in [-0.2, -0.15) is 0 Å². The number of carbonyl (C=O) groups is 2. The number of hydrogen-bond donors (Lipinski definition) is 3. The molecule has 13 heteroatoms. The first-order valence-corrected chi connectivity index (χ1v) is 21.0. The SMILES string of the molecule is C[C@H]1[C@H]([Si](C)(C)F)[C@@H](CCn2cc(C(CO)c3ccccc3)nn2)O[C@]12C(=O)N(Cc1cccc(NC(=O)c3ccc(N)cc3)c1)c1ccc(Cl)cc12. The number of aromatic nitrogens is 3. The summed E-state index contributed by atoms with van der Waals surface area (Å²) in [6.45, 7) is 5.70. The molecular weight excluding hydrogens is 711 g/mol. The molecule has 274 valence electrons. The highest BCUT2D eigenvalue weighted by Crippen LogP contribution is 2.60. The molecule has 1 saturated heterocycles. The summed E-state index contributed by atoms with van der Waals surface area (Å²) >= 11 is 6.57. The lowest BCUT2D eigenvalue weighted by Crippen LogP contribution is -2.45. The molecule has 0 radical (unpaired) electrons. The molecule has 0 bridgehead atoms. The molecule has 10 nitrogen and oxygen atoms in total. The van der Waals surface area contributed by atoms with Gasteiger partial charge in [0.15, 0.2) is 5.60 Å². The molecule has 2 amide bonds. The number of benzene rings is 4. The Morgan fingerprint density at radius 1 is 1.08 bits per heavy atom. The normalized spacial score (nSPS) is 21.6. The Morgan fingerprint density at radius 3 is 2.55 bits per heavy atom. The lowest BCUT2D eigenvalue weighted by atomic mass is 9.82. The van der Waals surface area contributed by atoms with E-state index in [9.17, 15) is 14.7 Å². The Morgan fingerprint density at radius 2 is 1.83 bits per heavy atom. The van der Waals surface area contributed by atoms with Gasteiger partial charge in [-0.25, -0.2) is 0 Å². The third kappa shape index (κ3) is 6.99. The van der Waals surface area contributed by atoms with Crippen LogP contribution in [0.2, 0.25) is 23.7 Å². The Labute approximate surface area is 313 Å². The van der Waals surface area contributed by atoms with E-state index in [-0.39, 0.29) is 30.9 Å². The second-order valence-electron chi connectivity index (χ2n) is 14.4. The number of nitrogen functional groups attached to an aromatic ring is 1. The molecule has 1 spiro atoms. The number of nitrogens with zero attached hydrogens (tertiary/aromatic N) is 4. The number of rotatable bonds is 11. The van der Waals surface area contributed by atoms with Crippen LogP contribution >= 0.6 is 11.6 Å². The highest BCUT2D eigenvalue weighted by Gasteiger charge is 2.66. The molecule has 2 aliphatic rings. The van der Waals surface area contributed by atoms with E-state index in [1.807, 2.05) is 61.5 Å². The summed E-state index contributed by atoms with van der Waals surface area (Å²) in [4.78, 5) is 29.5. The number of ether oxygens (including phenoxy) is 1. The molecule has 3 heterocycles. The van der Waals surface area contributed by atoms with Gasteiger partial charge in [0.2, 0.25) is 8.41 Å². The number of anilines is 3. The molecule has 53 heavy (non-hydrogen) atoms. The fraction of sp³-hybridized carbons (Fsp3) is 0.300. The molecule has 1 aromatic heterocycles. The standard InChI is InChI=1S/C40H42ClFN6O4Si/c1-25-37(53(2,3)42)36(18-19-47-23-34(45-46-47)32(24-49)27-9-5-4-6-10-27)52-40(25)33-21-29(41)14-17-35(33)48(39(40)51)22-26-8-7-11-31(20-26)44-38(50)28-12-15-30(43)16-13-28/h4-17,20-21,23,25,32,36-37,49H,18-19,22,24,43H2,1-3H3,(H,44,50)/t25-,32?,36+,37-,40+/m0/s1. The maximum Gasteiger partial charge on any atom is 0.264 e. The summed E-state index contributed by atoms with van der Waals surface area (Å²) in [6.07, 6.45) is 1.61. The summed E-state index contributed by atoms with van der Waals surface area (Å²) < 4.78 is 25.0. The first-order valence-electron chi connectivity index (χ1n) is 17.7. The minimum atomic E-state index is -3.41. The van der Waals surface area contributed by atoms with Crippen LogP contribution in [0.25, 0.3) is 0 Å². The molecule has 5 atom stereocenters. The predicted molar refractivity (Wildman–Crippen MR) is 206 cm³/mol. The van der Waals surface area contributed by atoms with Crippen LogP contribution < -0.4 is 16.0 Å². The first kappa shape index (κ1) is 36.5. The van der Waals surface area contributed by atoms with Gasteiger partial charge >= 0.3 is 0 Å². The van der Waals surface area contributed by atoms with E-state index >= 15 is 4.11 Å². The van der Waals surface area contributed by atoms with E-state index < -0.39 is 31.6 Å². The average Bonchev–Trinajstić information content (AvgIpc) is 3.79. The maximum atomic E-state index is 16.4. The molecule has 4 N–H and O–H groups in total. The van der Waals surface area contributed by atoms with Crippen LogP contribution in [0.1, 0.15) is 52.0 Å². The van der Waals surface area contributed by atoms with Crippen LogP contribution in [0, 0.1) is 5.92 Å². The smallest absolute Gasteiger partial charge is 0.264 e. The lowest BCUT2D eigenvalue weighted by Gasteiger charge is -2.31. The van der Waals surface area contributed by atoms with Crippen molar-refractivity contribution in [2.24, 2.45) is 5.92 Å². The van der Waals surface area contributed by atoms with Gasteiger partial charge in [0.05, 0.1) is 36.6 Å². The Kier molecular flexibility index (Phi) is 9.98. The fourth-order valence-corrected chi connectivity index (χ4v) is 10.8. The van der Waals surface area contributed by atoms with Gasteiger partial charge in [-0.1, -0.05) is 66.2 Å². The molecule has 5 aromatic rings. The van der Waals surface area contributed by atoms with Crippen LogP contribution in [0.3, 0.4) is 0 Å². The van der Waals surface area contributed by atoms with E-state index in [4.69, 9.17) is 22.1 Å². The molecule has 2 aliphatic heterocycles. The van der Waals surface area contributed by atoms with Crippen molar-refractivity contribution in [3.05, 3.63) is 136 Å². The number of aliphatic hydroxyl groups is 1. The molecule has 1 fully saturated rings. The molecule has 4 aromatic carbocycles. The number of aryl methyl sites for hydroxylation is 1. The van der Waals surface area contributed by atoms with E-state index in [1.54, 1.807) is 71.3 Å². The average molecular weight is 753 g/mol. The van der Waals surface area contributed by atoms with Crippen molar-refractivity contribution >= 4 is 48.9 Å². The van der Waals surface area contributed by atoms with E-state index in [1.165, 1.54) is 0 Å². The Hall–Kier alpha value is -4.88. The van der Waals surface area contributed by atoms with Crippen LogP contribution in [-0.2, 0) is 28.2 Å². The summed E-state index contributed by atoms with van der Waals surface area (Å²) in [6, 6.07) is 28.9. The highest BCUT2D eigenvalue weighted by molar-refractivity contribution is 6.72. The Bertz CT molecular complexity index is 2130. The third-order valence-corrected chi connectivity index (χ3v) is 13.3. The molecule has 0 aliphatic carbocycles. The summed E-state index contributed by atoms with van der Waals surface area (Å²) in [5.41, 5.74) is 9.04. The summed E-state index contributed by atoms with van der Waals surface area (Å²) in [7, 11) is -3.41. The van der Waals surface area contributed by atoms with Gasteiger partial charge in [-0.3, -0.25) is 14.3 Å². The summed E-state index contributed by atoms with van der Waals surface area (Å²) in [5, 5.41) is 22.2. The van der Waals surface area contributed by atoms with Crippen molar-refractivity contribution < 1.29 is 23.5 Å². The zero-order valence-electron chi connectivity index (χ0n) is 29.7. The number of nitrogens with two attached hydrogens (primary N) is 1. The van der Waals surface area contributed by atoms with Crippen LogP contribution in [0.4, 0.5) is 21.2 Å². The second kappa shape index (κ2) is 14.5. The number of halogens is 2. The lowest BCUT2D eigenvalue weighted by molar-refractivity contribution is -0.146. The van der Waals surface area contributed by atoms with Gasteiger partial charge in [0.1, 0.15) is 0 Å². The number of fused-ring (bicyclic) bond motifs is 2. The molecule has 7 rings (SSSR count). The van der Waals surface area contributed by atoms with Crippen LogP contribution in [0.5, 0.6) is 0 Å². The van der Waals surface area contributed by atoms with Gasteiger partial charge in [-0.05, 0) is 85.2 Å². The fourth-order valence-electron chi connectivity index (χ4n) is 8.11. The van der Waals surface area contributed by atoms with E-state index in [2.05, 4.69) is 15.6 Å². The van der Waals surface area contributed by atoms with Crippen molar-refractivity contribution in [1.29, 1.82) is 0 Å². The first-order chi connectivity index (χ1) is 25.4. The van der Waals surface area contributed by atoms with Gasteiger partial charge in [0.25, 0.3) is 11.8 Å². The second-order valence-corrected chi connectivity index (χ2v) is 18.7. The summed E-state index contributed by atoms with van der Waals surface area (Å²) in [5.74, 6) is -1.39.